The molecule has 2 rings (SSSR count). The molecule has 0 aromatic carbocycles. The summed E-state index contributed by atoms with van der Waals surface area (Å²) in [6.45, 7) is 0.384. The number of ether oxygens (including phenoxy) is 3. The average molecular weight is 524 g/mol. The van der Waals surface area contributed by atoms with Crippen LogP contribution in [0.5, 0.6) is 0 Å². The molecule has 2 fully saturated rings. The molecule has 0 saturated carbocycles. The second-order valence-electron chi connectivity index (χ2n) is 7.08. The van der Waals surface area contributed by atoms with E-state index in [1.165, 1.54) is 0 Å². The smallest absolute Gasteiger partial charge is 0.335 e. The van der Waals surface area contributed by atoms with Gasteiger partial charge in [0.1, 0.15) is 0 Å². The molecule has 4 amide bonds. The first-order chi connectivity index (χ1) is 16.5. The number of hydrogen-bond acceptors (Lipinski definition) is 13. The van der Waals surface area contributed by atoms with Crippen molar-refractivity contribution in [2.24, 2.45) is 0 Å². The van der Waals surface area contributed by atoms with Gasteiger partial charge in [-0.15, -0.1) is 10.1 Å². The molecule has 0 aromatic rings. The molecule has 17 heteroatoms. The van der Waals surface area contributed by atoms with Crippen molar-refractivity contribution in [1.82, 2.24) is 10.1 Å². The maximum Gasteiger partial charge on any atom is 0.335 e. The zero-order valence-corrected chi connectivity index (χ0v) is 19.2. The first-order valence-corrected chi connectivity index (χ1v) is 11.8. The summed E-state index contributed by atoms with van der Waals surface area (Å²) in [5.74, 6) is -5.36. The van der Waals surface area contributed by atoms with Crippen molar-refractivity contribution in [3.8, 4) is 0 Å². The minimum atomic E-state index is -4.80. The molecule has 35 heavy (non-hydrogen) atoms. The van der Waals surface area contributed by atoms with Crippen LogP contribution in [0.4, 0.5) is 0 Å². The molecule has 2 aliphatic heterocycles. The van der Waals surface area contributed by atoms with Crippen molar-refractivity contribution in [3.63, 3.8) is 0 Å². The molecule has 0 spiro atoms. The summed E-state index contributed by atoms with van der Waals surface area (Å²) in [7, 11) is -4.80. The van der Waals surface area contributed by atoms with Crippen LogP contribution in [0.3, 0.4) is 0 Å². The highest BCUT2D eigenvalue weighted by Gasteiger charge is 2.48. The lowest BCUT2D eigenvalue weighted by molar-refractivity contribution is -0.198. The minimum absolute atomic E-state index is 0.00837. The van der Waals surface area contributed by atoms with Crippen molar-refractivity contribution in [2.45, 2.75) is 37.4 Å². The lowest BCUT2D eigenvalue weighted by atomic mass is 10.4. The molecule has 0 bridgehead atoms. The molecule has 2 heterocycles. The third kappa shape index (κ3) is 8.95. The van der Waals surface area contributed by atoms with E-state index in [4.69, 9.17) is 18.8 Å². The molecule has 1 atom stereocenters. The van der Waals surface area contributed by atoms with Gasteiger partial charge in [0.15, 0.2) is 5.25 Å². The first kappa shape index (κ1) is 28.2. The van der Waals surface area contributed by atoms with Gasteiger partial charge in [0.2, 0.25) is 0 Å². The van der Waals surface area contributed by atoms with Gasteiger partial charge in [-0.05, 0) is 0 Å². The van der Waals surface area contributed by atoms with Crippen molar-refractivity contribution < 1.29 is 65.6 Å². The van der Waals surface area contributed by atoms with Crippen molar-refractivity contribution in [1.29, 1.82) is 0 Å². The third-order valence-electron chi connectivity index (χ3n) is 4.46. The van der Waals surface area contributed by atoms with E-state index in [2.05, 4.69) is 9.68 Å². The Morgan fingerprint density at radius 2 is 1.17 bits per heavy atom. The molecule has 1 unspecified atom stereocenters. The summed E-state index contributed by atoms with van der Waals surface area (Å²) >= 11 is 0. The molecule has 2 saturated heterocycles. The van der Waals surface area contributed by atoms with Crippen LogP contribution >= 0.6 is 0 Å². The lowest BCUT2D eigenvalue weighted by Gasteiger charge is -2.13. The highest BCUT2D eigenvalue weighted by atomic mass is 32.2. The van der Waals surface area contributed by atoms with Crippen molar-refractivity contribution >= 4 is 45.7 Å². The Kier molecular flexibility index (Phi) is 10.6. The number of rotatable bonds is 15. The number of imide groups is 2. The van der Waals surface area contributed by atoms with Gasteiger partial charge >= 0.3 is 11.9 Å². The van der Waals surface area contributed by atoms with Crippen LogP contribution < -0.4 is 0 Å². The lowest BCUT2D eigenvalue weighted by Crippen LogP contribution is -2.36. The summed E-state index contributed by atoms with van der Waals surface area (Å²) < 4.78 is 46.5. The van der Waals surface area contributed by atoms with Gasteiger partial charge in [-0.25, -0.2) is 9.59 Å². The predicted molar refractivity (Wildman–Crippen MR) is 107 cm³/mol. The number of hydrogen-bond donors (Lipinski definition) is 1. The first-order valence-electron chi connectivity index (χ1n) is 10.3. The van der Waals surface area contributed by atoms with E-state index in [0.29, 0.717) is 5.06 Å². The summed E-state index contributed by atoms with van der Waals surface area (Å²) in [4.78, 5) is 78.4. The Balaban J connectivity index is 1.44. The zero-order chi connectivity index (χ0) is 26.0. The monoisotopic (exact) mass is 524 g/mol. The minimum Gasteiger partial charge on any atom is -0.378 e. The maximum absolute atomic E-state index is 11.7. The molecule has 0 radical (unpaired) electrons. The van der Waals surface area contributed by atoms with Crippen LogP contribution in [-0.2, 0) is 62.8 Å². The number of amides is 4. The zero-order valence-electron chi connectivity index (χ0n) is 18.4. The predicted octanol–water partition coefficient (Wildman–Crippen LogP) is -2.10. The van der Waals surface area contributed by atoms with E-state index < -0.39 is 57.4 Å². The molecule has 196 valence electrons. The second-order valence-corrected chi connectivity index (χ2v) is 8.68. The van der Waals surface area contributed by atoms with Gasteiger partial charge in [0.05, 0.1) is 58.9 Å². The molecule has 16 nitrogen and oxygen atoms in total. The van der Waals surface area contributed by atoms with Gasteiger partial charge in [-0.1, -0.05) is 0 Å². The molecule has 0 aliphatic carbocycles. The number of carbonyl (C=O) groups is 6. The Labute approximate surface area is 199 Å². The Bertz CT molecular complexity index is 933. The number of carbonyl (C=O) groups excluding carboxylic acids is 6. The summed E-state index contributed by atoms with van der Waals surface area (Å²) in [5, 5.41) is -1.54. The van der Waals surface area contributed by atoms with E-state index in [9.17, 15) is 37.2 Å². The van der Waals surface area contributed by atoms with Gasteiger partial charge < -0.3 is 23.9 Å². The van der Waals surface area contributed by atoms with Gasteiger partial charge in [0.25, 0.3) is 33.7 Å². The summed E-state index contributed by atoms with van der Waals surface area (Å²) in [6.07, 6.45) is -1.32. The van der Waals surface area contributed by atoms with E-state index in [1.54, 1.807) is 0 Å². The van der Waals surface area contributed by atoms with Crippen molar-refractivity contribution in [2.75, 3.05) is 39.6 Å². The molecular weight excluding hydrogens is 500 g/mol. The van der Waals surface area contributed by atoms with Crippen LogP contribution in [-0.4, -0.2) is 104 Å². The normalized spacial score (nSPS) is 18.5. The summed E-state index contributed by atoms with van der Waals surface area (Å²) in [6, 6.07) is 0. The Morgan fingerprint density at radius 1 is 0.743 bits per heavy atom. The fourth-order valence-corrected chi connectivity index (χ4v) is 3.42. The highest BCUT2D eigenvalue weighted by Crippen LogP contribution is 2.20. The van der Waals surface area contributed by atoms with Crippen LogP contribution in [0.15, 0.2) is 0 Å². The quantitative estimate of drug-likeness (QED) is 0.138. The van der Waals surface area contributed by atoms with Crippen LogP contribution in [0.1, 0.15) is 32.1 Å². The molecular formula is C18H24N2O14S. The topological polar surface area (TPSA) is 209 Å². The number of hydroxylamine groups is 4. The fourth-order valence-electron chi connectivity index (χ4n) is 2.72. The SMILES string of the molecule is O=C(CCOCCOCCOCCC(=O)ON1C(=O)CC(S(=O)(=O)O)C1=O)ON1C(=O)CCC1=O. The van der Waals surface area contributed by atoms with Crippen LogP contribution in [0.25, 0.3) is 0 Å². The Morgan fingerprint density at radius 3 is 1.60 bits per heavy atom. The standard InChI is InChI=1S/C18H24N2O14S/c21-13-1-2-14(22)19(13)33-16(24)3-5-30-7-9-32-10-8-31-6-4-17(25)34-20-15(23)11-12(18(20)26)35(27,28)29/h12H,1-11H2,(H,27,28,29). The number of nitrogens with zero attached hydrogens (tertiary/aromatic N) is 2. The highest BCUT2D eigenvalue weighted by molar-refractivity contribution is 7.87. The van der Waals surface area contributed by atoms with Gasteiger partial charge in [-0.2, -0.15) is 8.42 Å². The molecule has 0 aromatic heterocycles. The summed E-state index contributed by atoms with van der Waals surface area (Å²) in [5.41, 5.74) is 0. The van der Waals surface area contributed by atoms with E-state index in [-0.39, 0.29) is 70.4 Å². The van der Waals surface area contributed by atoms with Gasteiger partial charge in [-0.3, -0.25) is 23.7 Å². The van der Waals surface area contributed by atoms with E-state index in [1.807, 2.05) is 0 Å². The Hall–Kier alpha value is -2.99. The fraction of sp³-hybridized carbons (Fsp3) is 0.667. The van der Waals surface area contributed by atoms with Gasteiger partial charge in [0, 0.05) is 12.8 Å². The van der Waals surface area contributed by atoms with E-state index in [0.717, 1.165) is 0 Å². The van der Waals surface area contributed by atoms with Crippen molar-refractivity contribution in [3.05, 3.63) is 0 Å². The molecule has 1 N–H and O–H groups in total. The van der Waals surface area contributed by atoms with E-state index >= 15 is 0 Å². The second kappa shape index (κ2) is 13.2. The average Bonchev–Trinajstić information content (AvgIpc) is 3.25. The third-order valence-corrected chi connectivity index (χ3v) is 5.55. The maximum atomic E-state index is 11.7. The van der Waals surface area contributed by atoms with Crippen LogP contribution in [0.2, 0.25) is 0 Å². The molecule has 2 aliphatic rings. The van der Waals surface area contributed by atoms with Crippen LogP contribution in [0, 0.1) is 0 Å². The largest absolute Gasteiger partial charge is 0.378 e.